The van der Waals surface area contributed by atoms with E-state index in [-0.39, 0.29) is 18.0 Å². The van der Waals surface area contributed by atoms with Crippen molar-refractivity contribution < 1.29 is 9.59 Å². The van der Waals surface area contributed by atoms with Crippen LogP contribution in [0.25, 0.3) is 0 Å². The van der Waals surface area contributed by atoms with Gasteiger partial charge in [0.05, 0.1) is 6.04 Å². The third-order valence-electron chi connectivity index (χ3n) is 5.01. The lowest BCUT2D eigenvalue weighted by Crippen LogP contribution is -2.39. The fourth-order valence-corrected chi connectivity index (χ4v) is 3.46. The zero-order valence-corrected chi connectivity index (χ0v) is 16.8. The maximum absolute atomic E-state index is 12.4. The standard InChI is InChI=1S/C24H24N4O2/c1-17-7-13-22(14-8-17)28-16-21(15-23(28)29)27-24(30)26-20-11-9-19(10-12-20)25-18-5-3-2-4-6-18/h2-14,21,25H,15-16H2,1H3,(H2,26,27,30)/t21-/m0/s1. The molecule has 152 valence electrons. The first-order valence-electron chi connectivity index (χ1n) is 9.93. The number of para-hydroxylation sites is 1. The number of aryl methyl sites for hydroxylation is 1. The van der Waals surface area contributed by atoms with Gasteiger partial charge in [-0.3, -0.25) is 4.79 Å². The highest BCUT2D eigenvalue weighted by atomic mass is 16.2. The van der Waals surface area contributed by atoms with Gasteiger partial charge >= 0.3 is 6.03 Å². The molecule has 3 aromatic rings. The molecule has 0 radical (unpaired) electrons. The highest BCUT2D eigenvalue weighted by molar-refractivity contribution is 5.97. The Labute approximate surface area is 175 Å². The molecule has 6 nitrogen and oxygen atoms in total. The summed E-state index contributed by atoms with van der Waals surface area (Å²) in [5.74, 6) is 0.0143. The number of nitrogens with one attached hydrogen (secondary N) is 3. The molecular weight excluding hydrogens is 376 g/mol. The lowest BCUT2D eigenvalue weighted by molar-refractivity contribution is -0.117. The van der Waals surface area contributed by atoms with Crippen molar-refractivity contribution in [2.24, 2.45) is 0 Å². The normalized spacial score (nSPS) is 15.7. The fraction of sp³-hybridized carbons (Fsp3) is 0.167. The summed E-state index contributed by atoms with van der Waals surface area (Å²) in [6.07, 6.45) is 0.293. The van der Waals surface area contributed by atoms with Crippen LogP contribution in [0, 0.1) is 6.92 Å². The molecule has 6 heteroatoms. The van der Waals surface area contributed by atoms with E-state index in [4.69, 9.17) is 0 Å². The number of hydrogen-bond acceptors (Lipinski definition) is 3. The fourth-order valence-electron chi connectivity index (χ4n) is 3.46. The molecule has 0 saturated carbocycles. The maximum atomic E-state index is 12.4. The Kier molecular flexibility index (Phi) is 5.66. The number of amides is 3. The third kappa shape index (κ3) is 4.78. The Bertz CT molecular complexity index is 1020. The Hall–Kier alpha value is -3.80. The summed E-state index contributed by atoms with van der Waals surface area (Å²) >= 11 is 0. The molecule has 3 aromatic carbocycles. The zero-order chi connectivity index (χ0) is 20.9. The van der Waals surface area contributed by atoms with E-state index in [9.17, 15) is 9.59 Å². The van der Waals surface area contributed by atoms with Crippen LogP contribution in [0.1, 0.15) is 12.0 Å². The lowest BCUT2D eigenvalue weighted by Gasteiger charge is -2.17. The SMILES string of the molecule is Cc1ccc(N2C[C@@H](NC(=O)Nc3ccc(Nc4ccccc4)cc3)CC2=O)cc1. The lowest BCUT2D eigenvalue weighted by atomic mass is 10.2. The van der Waals surface area contributed by atoms with E-state index < -0.39 is 0 Å². The number of carbonyl (C=O) groups excluding carboxylic acids is 2. The minimum Gasteiger partial charge on any atom is -0.356 e. The topological polar surface area (TPSA) is 73.5 Å². The van der Waals surface area contributed by atoms with Crippen LogP contribution in [0.4, 0.5) is 27.5 Å². The summed E-state index contributed by atoms with van der Waals surface area (Å²) in [4.78, 5) is 26.4. The van der Waals surface area contributed by atoms with E-state index >= 15 is 0 Å². The van der Waals surface area contributed by atoms with E-state index in [1.54, 1.807) is 4.90 Å². The molecule has 3 N–H and O–H groups in total. The van der Waals surface area contributed by atoms with Crippen molar-refractivity contribution in [3.63, 3.8) is 0 Å². The first-order valence-corrected chi connectivity index (χ1v) is 9.93. The van der Waals surface area contributed by atoms with Crippen molar-refractivity contribution in [1.82, 2.24) is 5.32 Å². The predicted octanol–water partition coefficient (Wildman–Crippen LogP) is 4.67. The van der Waals surface area contributed by atoms with Crippen molar-refractivity contribution >= 4 is 34.7 Å². The molecule has 0 bridgehead atoms. The van der Waals surface area contributed by atoms with E-state index in [1.165, 1.54) is 0 Å². The molecule has 3 amide bonds. The first-order chi connectivity index (χ1) is 14.6. The van der Waals surface area contributed by atoms with Crippen LogP contribution in [0.15, 0.2) is 78.9 Å². The number of benzene rings is 3. The number of carbonyl (C=O) groups is 2. The summed E-state index contributed by atoms with van der Waals surface area (Å²) in [6, 6.07) is 24.6. The van der Waals surface area contributed by atoms with Crippen molar-refractivity contribution in [2.45, 2.75) is 19.4 Å². The van der Waals surface area contributed by atoms with Crippen LogP contribution in [-0.4, -0.2) is 24.5 Å². The van der Waals surface area contributed by atoms with Crippen LogP contribution in [0.2, 0.25) is 0 Å². The summed E-state index contributed by atoms with van der Waals surface area (Å²) < 4.78 is 0. The molecule has 30 heavy (non-hydrogen) atoms. The van der Waals surface area contributed by atoms with Gasteiger partial charge in [0.25, 0.3) is 0 Å². The number of hydrogen-bond donors (Lipinski definition) is 3. The average molecular weight is 400 g/mol. The summed E-state index contributed by atoms with van der Waals surface area (Å²) in [5.41, 5.74) is 4.62. The monoisotopic (exact) mass is 400 g/mol. The van der Waals surface area contributed by atoms with Gasteiger partial charge in [-0.2, -0.15) is 0 Å². The second-order valence-electron chi connectivity index (χ2n) is 7.41. The number of urea groups is 1. The quantitative estimate of drug-likeness (QED) is 0.583. The second-order valence-corrected chi connectivity index (χ2v) is 7.41. The predicted molar refractivity (Wildman–Crippen MR) is 120 cm³/mol. The van der Waals surface area contributed by atoms with Gasteiger partial charge in [0.2, 0.25) is 5.91 Å². The zero-order valence-electron chi connectivity index (χ0n) is 16.8. The number of anilines is 4. The highest BCUT2D eigenvalue weighted by Crippen LogP contribution is 2.22. The van der Waals surface area contributed by atoms with Crippen molar-refractivity contribution in [3.05, 3.63) is 84.4 Å². The molecule has 4 rings (SSSR count). The minimum atomic E-state index is -0.317. The maximum Gasteiger partial charge on any atom is 0.319 e. The Morgan fingerprint density at radius 1 is 0.867 bits per heavy atom. The Morgan fingerprint density at radius 3 is 2.20 bits per heavy atom. The largest absolute Gasteiger partial charge is 0.356 e. The molecule has 1 heterocycles. The Morgan fingerprint density at radius 2 is 1.50 bits per heavy atom. The Balaban J connectivity index is 1.30. The molecule has 1 aliphatic heterocycles. The van der Waals surface area contributed by atoms with E-state index in [0.717, 1.165) is 22.6 Å². The van der Waals surface area contributed by atoms with Crippen molar-refractivity contribution in [3.8, 4) is 0 Å². The van der Waals surface area contributed by atoms with Gasteiger partial charge in [-0.15, -0.1) is 0 Å². The molecule has 1 saturated heterocycles. The van der Waals surface area contributed by atoms with Gasteiger partial charge in [0.15, 0.2) is 0 Å². The van der Waals surface area contributed by atoms with Crippen LogP contribution in [0.5, 0.6) is 0 Å². The highest BCUT2D eigenvalue weighted by Gasteiger charge is 2.31. The van der Waals surface area contributed by atoms with E-state index in [2.05, 4.69) is 16.0 Å². The molecule has 0 unspecified atom stereocenters. The van der Waals surface area contributed by atoms with Crippen molar-refractivity contribution in [1.29, 1.82) is 0 Å². The van der Waals surface area contributed by atoms with Gasteiger partial charge < -0.3 is 20.9 Å². The van der Waals surface area contributed by atoms with Gasteiger partial charge in [0.1, 0.15) is 0 Å². The summed E-state index contributed by atoms with van der Waals surface area (Å²) in [6.45, 7) is 2.48. The van der Waals surface area contributed by atoms with Gasteiger partial charge in [-0.05, 0) is 55.5 Å². The molecule has 1 aliphatic rings. The van der Waals surface area contributed by atoms with Gasteiger partial charge in [-0.1, -0.05) is 35.9 Å². The molecular formula is C24H24N4O2. The summed E-state index contributed by atoms with van der Waals surface area (Å²) in [7, 11) is 0. The molecule has 1 fully saturated rings. The van der Waals surface area contributed by atoms with E-state index in [0.29, 0.717) is 18.7 Å². The van der Waals surface area contributed by atoms with Crippen LogP contribution >= 0.6 is 0 Å². The molecule has 0 spiro atoms. The number of nitrogens with zero attached hydrogens (tertiary/aromatic N) is 1. The van der Waals surface area contributed by atoms with Crippen molar-refractivity contribution in [2.75, 3.05) is 22.1 Å². The van der Waals surface area contributed by atoms with E-state index in [1.807, 2.05) is 85.8 Å². The van der Waals surface area contributed by atoms with Crippen LogP contribution in [-0.2, 0) is 4.79 Å². The second kappa shape index (κ2) is 8.69. The average Bonchev–Trinajstić information content (AvgIpc) is 3.10. The minimum absolute atomic E-state index is 0.0143. The van der Waals surface area contributed by atoms with Gasteiger partial charge in [-0.25, -0.2) is 4.79 Å². The third-order valence-corrected chi connectivity index (χ3v) is 5.01. The molecule has 0 aliphatic carbocycles. The van der Waals surface area contributed by atoms with Crippen LogP contribution in [0.3, 0.4) is 0 Å². The van der Waals surface area contributed by atoms with Crippen LogP contribution < -0.4 is 20.9 Å². The smallest absolute Gasteiger partial charge is 0.319 e. The molecule has 1 atom stereocenters. The first kappa shape index (κ1) is 19.5. The van der Waals surface area contributed by atoms with Gasteiger partial charge in [0, 0.05) is 35.7 Å². The number of rotatable bonds is 5. The molecule has 0 aromatic heterocycles. The summed E-state index contributed by atoms with van der Waals surface area (Å²) in [5, 5.41) is 9.02.